The third kappa shape index (κ3) is 3.30. The highest BCUT2D eigenvalue weighted by Gasteiger charge is 2.17. The SMILES string of the molecule is CCN(CC(Cl)c1ccc2c(c1)OCCO2)c1ccccc1. The zero-order valence-corrected chi connectivity index (χ0v) is 13.4. The zero-order valence-electron chi connectivity index (χ0n) is 12.7. The van der Waals surface area contributed by atoms with Crippen LogP contribution in [0.3, 0.4) is 0 Å². The van der Waals surface area contributed by atoms with E-state index in [1.807, 2.05) is 36.4 Å². The summed E-state index contributed by atoms with van der Waals surface area (Å²) < 4.78 is 11.2. The highest BCUT2D eigenvalue weighted by Crippen LogP contribution is 2.34. The fourth-order valence-corrected chi connectivity index (χ4v) is 2.91. The number of hydrogen-bond donors (Lipinski definition) is 0. The van der Waals surface area contributed by atoms with Crippen LogP contribution in [-0.2, 0) is 0 Å². The number of para-hydroxylation sites is 1. The topological polar surface area (TPSA) is 21.7 Å². The van der Waals surface area contributed by atoms with Gasteiger partial charge < -0.3 is 14.4 Å². The number of fused-ring (bicyclic) bond motifs is 1. The number of rotatable bonds is 5. The van der Waals surface area contributed by atoms with E-state index in [4.69, 9.17) is 21.1 Å². The molecule has 3 rings (SSSR count). The molecule has 2 aromatic carbocycles. The molecule has 0 saturated carbocycles. The lowest BCUT2D eigenvalue weighted by molar-refractivity contribution is 0.171. The number of hydrogen-bond acceptors (Lipinski definition) is 3. The van der Waals surface area contributed by atoms with Crippen LogP contribution in [0.15, 0.2) is 48.5 Å². The first-order valence-corrected chi connectivity index (χ1v) is 8.05. The Bertz CT molecular complexity index is 618. The molecule has 0 radical (unpaired) electrons. The van der Waals surface area contributed by atoms with Crippen molar-refractivity contribution in [3.05, 3.63) is 54.1 Å². The third-order valence-electron chi connectivity index (χ3n) is 3.81. The number of ether oxygens (including phenoxy) is 2. The van der Waals surface area contributed by atoms with Gasteiger partial charge in [-0.05, 0) is 36.8 Å². The Morgan fingerprint density at radius 2 is 1.77 bits per heavy atom. The summed E-state index contributed by atoms with van der Waals surface area (Å²) >= 11 is 6.63. The summed E-state index contributed by atoms with van der Waals surface area (Å²) in [5.74, 6) is 1.59. The summed E-state index contributed by atoms with van der Waals surface area (Å²) in [7, 11) is 0. The minimum atomic E-state index is -0.101. The molecule has 3 nitrogen and oxygen atoms in total. The molecule has 1 aliphatic heterocycles. The van der Waals surface area contributed by atoms with E-state index in [2.05, 4.69) is 24.0 Å². The van der Waals surface area contributed by atoms with Gasteiger partial charge in [0.2, 0.25) is 0 Å². The first kappa shape index (κ1) is 15.0. The predicted octanol–water partition coefficient (Wildman–Crippen LogP) is 4.26. The Hall–Kier alpha value is -1.87. The molecular weight excluding hydrogens is 298 g/mol. The van der Waals surface area contributed by atoms with E-state index < -0.39 is 0 Å². The molecule has 1 heterocycles. The highest BCUT2D eigenvalue weighted by atomic mass is 35.5. The monoisotopic (exact) mass is 317 g/mol. The van der Waals surface area contributed by atoms with Crippen LogP contribution < -0.4 is 14.4 Å². The molecule has 0 bridgehead atoms. The van der Waals surface area contributed by atoms with E-state index in [9.17, 15) is 0 Å². The van der Waals surface area contributed by atoms with E-state index in [0.29, 0.717) is 13.2 Å². The number of alkyl halides is 1. The summed E-state index contributed by atoms with van der Waals surface area (Å²) in [5, 5.41) is -0.101. The third-order valence-corrected chi connectivity index (χ3v) is 4.20. The summed E-state index contributed by atoms with van der Waals surface area (Å²) in [5.41, 5.74) is 2.24. The number of nitrogens with zero attached hydrogens (tertiary/aromatic N) is 1. The summed E-state index contributed by atoms with van der Waals surface area (Å²) in [6.45, 7) is 5.00. The van der Waals surface area contributed by atoms with E-state index >= 15 is 0 Å². The fourth-order valence-electron chi connectivity index (χ4n) is 2.61. The molecule has 22 heavy (non-hydrogen) atoms. The van der Waals surface area contributed by atoms with Gasteiger partial charge >= 0.3 is 0 Å². The quantitative estimate of drug-likeness (QED) is 0.769. The normalized spacial score (nSPS) is 14.5. The van der Waals surface area contributed by atoms with Gasteiger partial charge in [0.25, 0.3) is 0 Å². The van der Waals surface area contributed by atoms with Gasteiger partial charge in [-0.15, -0.1) is 11.6 Å². The van der Waals surface area contributed by atoms with E-state index in [-0.39, 0.29) is 5.38 Å². The van der Waals surface area contributed by atoms with Crippen molar-refractivity contribution in [1.82, 2.24) is 0 Å². The first-order valence-electron chi connectivity index (χ1n) is 7.61. The molecule has 1 unspecified atom stereocenters. The second kappa shape index (κ2) is 6.93. The first-order chi connectivity index (χ1) is 10.8. The standard InChI is InChI=1S/C18H20ClNO2/c1-2-20(15-6-4-3-5-7-15)13-16(19)14-8-9-17-18(12-14)22-11-10-21-17/h3-9,12,16H,2,10-11,13H2,1H3. The molecule has 1 atom stereocenters. The van der Waals surface area contributed by atoms with E-state index in [1.54, 1.807) is 0 Å². The second-order valence-electron chi connectivity index (χ2n) is 5.24. The molecule has 0 N–H and O–H groups in total. The smallest absolute Gasteiger partial charge is 0.161 e. The van der Waals surface area contributed by atoms with Crippen molar-refractivity contribution in [2.24, 2.45) is 0 Å². The Kier molecular flexibility index (Phi) is 4.74. The Balaban J connectivity index is 1.74. The largest absolute Gasteiger partial charge is 0.486 e. The summed E-state index contributed by atoms with van der Waals surface area (Å²) in [6, 6.07) is 16.3. The van der Waals surface area contributed by atoms with Gasteiger partial charge in [-0.1, -0.05) is 24.3 Å². The van der Waals surface area contributed by atoms with Crippen LogP contribution in [0.4, 0.5) is 5.69 Å². The van der Waals surface area contributed by atoms with E-state index in [1.165, 1.54) is 5.69 Å². The van der Waals surface area contributed by atoms with Gasteiger partial charge in [-0.25, -0.2) is 0 Å². The summed E-state index contributed by atoms with van der Waals surface area (Å²) in [4.78, 5) is 2.27. The van der Waals surface area contributed by atoms with Crippen molar-refractivity contribution in [3.8, 4) is 11.5 Å². The molecule has 4 heteroatoms. The zero-order chi connectivity index (χ0) is 15.4. The maximum absolute atomic E-state index is 6.63. The van der Waals surface area contributed by atoms with Gasteiger partial charge in [-0.3, -0.25) is 0 Å². The molecule has 0 amide bonds. The molecule has 0 aliphatic carbocycles. The molecule has 0 fully saturated rings. The minimum Gasteiger partial charge on any atom is -0.486 e. The average molecular weight is 318 g/mol. The predicted molar refractivity (Wildman–Crippen MR) is 90.4 cm³/mol. The number of halogens is 1. The van der Waals surface area contributed by atoms with Gasteiger partial charge in [-0.2, -0.15) is 0 Å². The van der Waals surface area contributed by atoms with Crippen LogP contribution in [0.25, 0.3) is 0 Å². The Morgan fingerprint density at radius 1 is 1.05 bits per heavy atom. The summed E-state index contributed by atoms with van der Waals surface area (Å²) in [6.07, 6.45) is 0. The maximum atomic E-state index is 6.63. The van der Waals surface area contributed by atoms with Crippen LogP contribution in [-0.4, -0.2) is 26.3 Å². The average Bonchev–Trinajstić information content (AvgIpc) is 2.59. The Labute approximate surface area is 136 Å². The van der Waals surface area contributed by atoms with Crippen molar-refractivity contribution in [2.75, 3.05) is 31.2 Å². The van der Waals surface area contributed by atoms with Gasteiger partial charge in [0, 0.05) is 18.8 Å². The minimum absolute atomic E-state index is 0.101. The number of likely N-dealkylation sites (N-methyl/N-ethyl adjacent to an activating group) is 1. The fraction of sp³-hybridized carbons (Fsp3) is 0.333. The molecule has 0 aromatic heterocycles. The number of anilines is 1. The molecule has 2 aromatic rings. The van der Waals surface area contributed by atoms with Crippen LogP contribution in [0.5, 0.6) is 11.5 Å². The molecule has 116 valence electrons. The molecule has 0 spiro atoms. The second-order valence-corrected chi connectivity index (χ2v) is 5.77. The lowest BCUT2D eigenvalue weighted by Crippen LogP contribution is -2.26. The molecular formula is C18H20ClNO2. The van der Waals surface area contributed by atoms with Crippen molar-refractivity contribution in [1.29, 1.82) is 0 Å². The highest BCUT2D eigenvalue weighted by molar-refractivity contribution is 6.21. The lowest BCUT2D eigenvalue weighted by Gasteiger charge is -2.26. The van der Waals surface area contributed by atoms with Crippen molar-refractivity contribution in [2.45, 2.75) is 12.3 Å². The van der Waals surface area contributed by atoms with Gasteiger partial charge in [0.15, 0.2) is 11.5 Å². The van der Waals surface area contributed by atoms with Crippen molar-refractivity contribution < 1.29 is 9.47 Å². The molecule has 1 aliphatic rings. The van der Waals surface area contributed by atoms with Crippen LogP contribution in [0.2, 0.25) is 0 Å². The Morgan fingerprint density at radius 3 is 2.50 bits per heavy atom. The lowest BCUT2D eigenvalue weighted by atomic mass is 10.1. The van der Waals surface area contributed by atoms with Gasteiger partial charge in [0.05, 0.1) is 5.38 Å². The number of benzene rings is 2. The van der Waals surface area contributed by atoms with Crippen LogP contribution in [0.1, 0.15) is 17.9 Å². The van der Waals surface area contributed by atoms with Crippen molar-refractivity contribution in [3.63, 3.8) is 0 Å². The van der Waals surface area contributed by atoms with Crippen LogP contribution in [0, 0.1) is 0 Å². The maximum Gasteiger partial charge on any atom is 0.161 e. The van der Waals surface area contributed by atoms with Gasteiger partial charge in [0.1, 0.15) is 13.2 Å². The van der Waals surface area contributed by atoms with Crippen molar-refractivity contribution >= 4 is 17.3 Å². The van der Waals surface area contributed by atoms with Crippen LogP contribution >= 0.6 is 11.6 Å². The van der Waals surface area contributed by atoms with E-state index in [0.717, 1.165) is 30.2 Å². The molecule has 0 saturated heterocycles.